The topological polar surface area (TPSA) is 52.6 Å². The first kappa shape index (κ1) is 16.0. The molecule has 4 nitrogen and oxygen atoms in total. The van der Waals surface area contributed by atoms with Gasteiger partial charge in [-0.2, -0.15) is 13.2 Å². The van der Waals surface area contributed by atoms with Crippen molar-refractivity contribution in [3.63, 3.8) is 0 Å². The predicted octanol–water partition coefficient (Wildman–Crippen LogP) is 3.30. The standard InChI is InChI=1S/C17H19F3O4/c1-15-8-11(23-14(22)17(18,19)20)10-5-3-2-4-9(13(21)24-15)12(15)16(10)6-7-16/h5,9,11-12H,2-4,6-8H2,1H3/t9-,11+,12?,15+/m1/s1. The third-order valence-electron chi connectivity index (χ3n) is 6.16. The number of carbonyl (C=O) groups is 2. The lowest BCUT2D eigenvalue weighted by atomic mass is 9.59. The molecule has 1 aliphatic heterocycles. The van der Waals surface area contributed by atoms with Gasteiger partial charge in [0, 0.05) is 17.8 Å². The van der Waals surface area contributed by atoms with Crippen molar-refractivity contribution in [2.45, 2.75) is 63.3 Å². The molecule has 0 N–H and O–H groups in total. The summed E-state index contributed by atoms with van der Waals surface area (Å²) in [7, 11) is 0. The molecule has 1 spiro atoms. The Morgan fingerprint density at radius 2 is 2.08 bits per heavy atom. The number of rotatable bonds is 1. The normalized spacial score (nSPS) is 39.6. The van der Waals surface area contributed by atoms with Crippen LogP contribution in [0, 0.1) is 17.3 Å². The first-order valence-corrected chi connectivity index (χ1v) is 8.39. The van der Waals surface area contributed by atoms with Crippen LogP contribution in [0.4, 0.5) is 13.2 Å². The molecule has 3 aliphatic carbocycles. The van der Waals surface area contributed by atoms with Gasteiger partial charge in [0.15, 0.2) is 0 Å². The monoisotopic (exact) mass is 344 g/mol. The molecule has 0 amide bonds. The number of allylic oxidation sites excluding steroid dienone is 1. The van der Waals surface area contributed by atoms with Gasteiger partial charge in [-0.05, 0) is 44.6 Å². The zero-order valence-electron chi connectivity index (χ0n) is 13.3. The number of halogens is 3. The lowest BCUT2D eigenvalue weighted by Gasteiger charge is -2.47. The van der Waals surface area contributed by atoms with E-state index in [-0.39, 0.29) is 29.6 Å². The van der Waals surface area contributed by atoms with Gasteiger partial charge in [0.25, 0.3) is 0 Å². The van der Waals surface area contributed by atoms with Crippen LogP contribution >= 0.6 is 0 Å². The highest BCUT2D eigenvalue weighted by Crippen LogP contribution is 2.70. The van der Waals surface area contributed by atoms with E-state index in [2.05, 4.69) is 0 Å². The van der Waals surface area contributed by atoms with Crippen molar-refractivity contribution in [2.24, 2.45) is 17.3 Å². The molecular formula is C17H19F3O4. The summed E-state index contributed by atoms with van der Waals surface area (Å²) in [6, 6.07) is 0. The molecule has 2 saturated carbocycles. The van der Waals surface area contributed by atoms with Gasteiger partial charge in [-0.3, -0.25) is 4.79 Å². The fourth-order valence-corrected chi connectivity index (χ4v) is 5.30. The molecule has 1 saturated heterocycles. The van der Waals surface area contributed by atoms with Crippen molar-refractivity contribution >= 4 is 11.9 Å². The van der Waals surface area contributed by atoms with E-state index in [1.54, 1.807) is 6.92 Å². The maximum Gasteiger partial charge on any atom is 0.490 e. The van der Waals surface area contributed by atoms with Gasteiger partial charge in [-0.25, -0.2) is 4.79 Å². The molecule has 0 aromatic heterocycles. The van der Waals surface area contributed by atoms with Crippen LogP contribution in [0.5, 0.6) is 0 Å². The van der Waals surface area contributed by atoms with Gasteiger partial charge in [-0.15, -0.1) is 0 Å². The van der Waals surface area contributed by atoms with Crippen LogP contribution in [0.2, 0.25) is 0 Å². The van der Waals surface area contributed by atoms with Crippen LogP contribution in [0.15, 0.2) is 11.6 Å². The Balaban J connectivity index is 1.74. The Bertz CT molecular complexity index is 634. The van der Waals surface area contributed by atoms with Crippen LogP contribution in [-0.4, -0.2) is 29.8 Å². The zero-order chi connectivity index (χ0) is 17.3. The zero-order valence-corrected chi connectivity index (χ0v) is 13.3. The van der Waals surface area contributed by atoms with E-state index in [0.717, 1.165) is 31.3 Å². The molecular weight excluding hydrogens is 325 g/mol. The van der Waals surface area contributed by atoms with Gasteiger partial charge < -0.3 is 9.47 Å². The van der Waals surface area contributed by atoms with Crippen molar-refractivity contribution < 1.29 is 32.2 Å². The fourth-order valence-electron chi connectivity index (χ4n) is 5.30. The largest absolute Gasteiger partial charge is 0.490 e. The Hall–Kier alpha value is -1.53. The summed E-state index contributed by atoms with van der Waals surface area (Å²) in [6.45, 7) is 1.78. The molecule has 4 rings (SSSR count). The molecule has 0 aromatic rings. The molecule has 0 radical (unpaired) electrons. The fraction of sp³-hybridized carbons (Fsp3) is 0.765. The first-order chi connectivity index (χ1) is 11.2. The van der Waals surface area contributed by atoms with Gasteiger partial charge >= 0.3 is 18.1 Å². The third kappa shape index (κ3) is 2.12. The molecule has 1 unspecified atom stereocenters. The van der Waals surface area contributed by atoms with Gasteiger partial charge in [0.2, 0.25) is 0 Å². The van der Waals surface area contributed by atoms with Gasteiger partial charge in [0.1, 0.15) is 11.7 Å². The Morgan fingerprint density at radius 3 is 2.71 bits per heavy atom. The van der Waals surface area contributed by atoms with Crippen molar-refractivity contribution in [3.8, 4) is 0 Å². The van der Waals surface area contributed by atoms with E-state index in [4.69, 9.17) is 9.47 Å². The number of hydrogen-bond acceptors (Lipinski definition) is 4. The number of ether oxygens (including phenoxy) is 2. The summed E-state index contributed by atoms with van der Waals surface area (Å²) in [5, 5.41) is 0. The second kappa shape index (κ2) is 4.76. The van der Waals surface area contributed by atoms with Crippen LogP contribution < -0.4 is 0 Å². The second-order valence-corrected chi connectivity index (χ2v) is 7.66. The Labute approximate surface area is 137 Å². The summed E-state index contributed by atoms with van der Waals surface area (Å²) < 4.78 is 48.4. The summed E-state index contributed by atoms with van der Waals surface area (Å²) in [5.41, 5.74) is -0.407. The Kier molecular flexibility index (Phi) is 3.17. The van der Waals surface area contributed by atoms with Gasteiger partial charge in [-0.1, -0.05) is 6.08 Å². The minimum absolute atomic E-state index is 0.0233. The number of carbonyl (C=O) groups excluding carboxylic acids is 2. The number of hydrogen-bond donors (Lipinski definition) is 0. The molecule has 1 heterocycles. The minimum atomic E-state index is -5.02. The lowest BCUT2D eigenvalue weighted by Crippen LogP contribution is -2.51. The maximum absolute atomic E-state index is 12.6. The van der Waals surface area contributed by atoms with Crippen LogP contribution in [0.1, 0.15) is 45.4 Å². The smallest absolute Gasteiger partial charge is 0.459 e. The van der Waals surface area contributed by atoms with E-state index in [0.29, 0.717) is 6.42 Å². The molecule has 7 heteroatoms. The highest BCUT2D eigenvalue weighted by molar-refractivity contribution is 5.78. The summed E-state index contributed by atoms with van der Waals surface area (Å²) in [4.78, 5) is 23.7. The van der Waals surface area contributed by atoms with E-state index >= 15 is 0 Å². The number of alkyl halides is 3. The van der Waals surface area contributed by atoms with Crippen LogP contribution in [-0.2, 0) is 19.1 Å². The third-order valence-corrected chi connectivity index (χ3v) is 6.16. The van der Waals surface area contributed by atoms with E-state index in [1.165, 1.54) is 0 Å². The average Bonchev–Trinajstić information content (AvgIpc) is 3.17. The number of esters is 2. The van der Waals surface area contributed by atoms with Crippen molar-refractivity contribution in [1.82, 2.24) is 0 Å². The van der Waals surface area contributed by atoms with Crippen LogP contribution in [0.3, 0.4) is 0 Å². The van der Waals surface area contributed by atoms with Gasteiger partial charge in [0.05, 0.1) is 5.92 Å². The average molecular weight is 344 g/mol. The van der Waals surface area contributed by atoms with Crippen molar-refractivity contribution in [3.05, 3.63) is 11.6 Å². The molecule has 2 bridgehead atoms. The molecule has 3 fully saturated rings. The van der Waals surface area contributed by atoms with Crippen LogP contribution in [0.25, 0.3) is 0 Å². The molecule has 132 valence electrons. The second-order valence-electron chi connectivity index (χ2n) is 7.66. The van der Waals surface area contributed by atoms with E-state index in [1.807, 2.05) is 6.08 Å². The highest BCUT2D eigenvalue weighted by atomic mass is 19.4. The van der Waals surface area contributed by atoms with Crippen molar-refractivity contribution in [2.75, 3.05) is 0 Å². The Morgan fingerprint density at radius 1 is 1.38 bits per heavy atom. The summed E-state index contributed by atoms with van der Waals surface area (Å²) in [5.74, 6) is -2.64. The molecule has 24 heavy (non-hydrogen) atoms. The first-order valence-electron chi connectivity index (χ1n) is 8.39. The highest BCUT2D eigenvalue weighted by Gasteiger charge is 2.71. The molecule has 4 atom stereocenters. The molecule has 4 aliphatic rings. The minimum Gasteiger partial charge on any atom is -0.459 e. The SMILES string of the molecule is C[C@@]12C[C@H](OC(=O)C(F)(F)F)C3=CCCC[C@@H](C(=O)O1)C2C31CC1. The quantitative estimate of drug-likeness (QED) is 0.541. The molecule has 0 aromatic carbocycles. The predicted molar refractivity (Wildman–Crippen MR) is 75.6 cm³/mol. The lowest BCUT2D eigenvalue weighted by molar-refractivity contribution is -0.208. The maximum atomic E-state index is 12.6. The van der Waals surface area contributed by atoms with E-state index in [9.17, 15) is 22.8 Å². The summed E-state index contributed by atoms with van der Waals surface area (Å²) >= 11 is 0. The summed E-state index contributed by atoms with van der Waals surface area (Å²) in [6.07, 6.45) is -0.0970. The van der Waals surface area contributed by atoms with E-state index < -0.39 is 23.9 Å². The van der Waals surface area contributed by atoms with Crippen molar-refractivity contribution in [1.29, 1.82) is 0 Å².